The molecule has 2 aromatic rings. The van der Waals surface area contributed by atoms with Gasteiger partial charge in [-0.25, -0.2) is 9.78 Å². The van der Waals surface area contributed by atoms with Gasteiger partial charge in [0.1, 0.15) is 16.0 Å². The third-order valence-electron chi connectivity index (χ3n) is 2.86. The van der Waals surface area contributed by atoms with Gasteiger partial charge in [-0.2, -0.15) is 5.26 Å². The molecule has 0 saturated carbocycles. The van der Waals surface area contributed by atoms with Crippen molar-refractivity contribution in [3.05, 3.63) is 40.4 Å². The number of carbonyl (C=O) groups excluding carboxylic acids is 1. The Balaban J connectivity index is 2.26. The average molecular weight is 286 g/mol. The van der Waals surface area contributed by atoms with Gasteiger partial charge in [-0.15, -0.1) is 11.3 Å². The van der Waals surface area contributed by atoms with E-state index in [-0.39, 0.29) is 6.61 Å². The van der Waals surface area contributed by atoms with Crippen molar-refractivity contribution in [2.75, 3.05) is 6.61 Å². The first-order valence-electron chi connectivity index (χ1n) is 6.26. The summed E-state index contributed by atoms with van der Waals surface area (Å²) in [6.45, 7) is 3.63. The summed E-state index contributed by atoms with van der Waals surface area (Å²) in [4.78, 5) is 16.6. The number of nitriles is 1. The Labute approximate surface area is 121 Å². The number of esters is 1. The molecule has 20 heavy (non-hydrogen) atoms. The van der Waals surface area contributed by atoms with Gasteiger partial charge in [-0.05, 0) is 18.9 Å². The number of thiazole rings is 1. The molecule has 0 radical (unpaired) electrons. The van der Waals surface area contributed by atoms with Gasteiger partial charge in [0.05, 0.1) is 5.69 Å². The summed E-state index contributed by atoms with van der Waals surface area (Å²) in [5.74, 6) is -0.488. The van der Waals surface area contributed by atoms with E-state index in [0.29, 0.717) is 10.6 Å². The summed E-state index contributed by atoms with van der Waals surface area (Å²) in [7, 11) is 0. The van der Waals surface area contributed by atoms with Gasteiger partial charge < -0.3 is 4.74 Å². The maximum atomic E-state index is 11.8. The lowest BCUT2D eigenvalue weighted by atomic mass is 10.1. The summed E-state index contributed by atoms with van der Waals surface area (Å²) >= 11 is 1.29. The van der Waals surface area contributed by atoms with E-state index in [1.807, 2.05) is 12.1 Å². The second-order valence-electron chi connectivity index (χ2n) is 4.22. The Morgan fingerprint density at radius 3 is 2.70 bits per heavy atom. The van der Waals surface area contributed by atoms with Crippen LogP contribution in [0, 0.1) is 18.3 Å². The van der Waals surface area contributed by atoms with Crippen LogP contribution in [-0.4, -0.2) is 17.6 Å². The highest BCUT2D eigenvalue weighted by Gasteiger charge is 2.17. The third-order valence-corrected chi connectivity index (χ3v) is 4.05. The van der Waals surface area contributed by atoms with E-state index in [1.54, 1.807) is 13.0 Å². The molecule has 2 rings (SSSR count). The molecule has 0 atom stereocenters. The lowest BCUT2D eigenvalue weighted by Crippen LogP contribution is -2.04. The molecular formula is C15H14N2O2S. The fourth-order valence-electron chi connectivity index (χ4n) is 1.76. The maximum Gasteiger partial charge on any atom is 0.351 e. The van der Waals surface area contributed by atoms with E-state index in [4.69, 9.17) is 10.00 Å². The molecule has 0 unspecified atom stereocenters. The van der Waals surface area contributed by atoms with Crippen molar-refractivity contribution < 1.29 is 9.53 Å². The summed E-state index contributed by atoms with van der Waals surface area (Å²) in [6, 6.07) is 9.89. The molecule has 102 valence electrons. The maximum absolute atomic E-state index is 11.8. The quantitative estimate of drug-likeness (QED) is 0.808. The molecule has 0 aliphatic rings. The van der Waals surface area contributed by atoms with Gasteiger partial charge in [-0.3, -0.25) is 0 Å². The van der Waals surface area contributed by atoms with Crippen molar-refractivity contribution in [1.29, 1.82) is 5.26 Å². The first-order chi connectivity index (χ1) is 9.65. The van der Waals surface area contributed by atoms with Crippen LogP contribution in [0.25, 0.3) is 10.6 Å². The SMILES string of the molecule is CCc1ccc(-c2nc(C)c(C(=O)OCC#N)s2)cc1. The molecule has 0 amide bonds. The zero-order chi connectivity index (χ0) is 14.5. The van der Waals surface area contributed by atoms with Crippen LogP contribution in [0.4, 0.5) is 0 Å². The number of ether oxygens (including phenoxy) is 1. The molecule has 0 spiro atoms. The lowest BCUT2D eigenvalue weighted by molar-refractivity contribution is 0.0559. The number of hydrogen-bond donors (Lipinski definition) is 0. The number of carbonyl (C=O) groups is 1. The lowest BCUT2D eigenvalue weighted by Gasteiger charge is -1.98. The highest BCUT2D eigenvalue weighted by molar-refractivity contribution is 7.17. The first kappa shape index (κ1) is 14.2. The first-order valence-corrected chi connectivity index (χ1v) is 7.08. The van der Waals surface area contributed by atoms with Crippen LogP contribution in [0.15, 0.2) is 24.3 Å². The molecule has 0 saturated heterocycles. The van der Waals surface area contributed by atoms with E-state index < -0.39 is 5.97 Å². The molecule has 1 heterocycles. The van der Waals surface area contributed by atoms with Crippen LogP contribution in [0.1, 0.15) is 27.9 Å². The highest BCUT2D eigenvalue weighted by Crippen LogP contribution is 2.28. The summed E-state index contributed by atoms with van der Waals surface area (Å²) in [5, 5.41) is 9.21. The standard InChI is InChI=1S/C15H14N2O2S/c1-3-11-4-6-12(7-5-11)14-17-10(2)13(20-14)15(18)19-9-8-16/h4-7H,3,9H2,1-2H3. The minimum absolute atomic E-state index is 0.239. The van der Waals surface area contributed by atoms with E-state index in [2.05, 4.69) is 24.0 Å². The second kappa shape index (κ2) is 6.31. The zero-order valence-electron chi connectivity index (χ0n) is 11.3. The molecule has 1 aromatic heterocycles. The smallest absolute Gasteiger partial charge is 0.351 e. The summed E-state index contributed by atoms with van der Waals surface area (Å²) < 4.78 is 4.81. The Kier molecular flexibility index (Phi) is 4.49. The molecule has 5 heteroatoms. The predicted molar refractivity (Wildman–Crippen MR) is 77.6 cm³/mol. The van der Waals surface area contributed by atoms with Crippen LogP contribution in [-0.2, 0) is 11.2 Å². The van der Waals surface area contributed by atoms with Crippen molar-refractivity contribution in [2.24, 2.45) is 0 Å². The average Bonchev–Trinajstić information content (AvgIpc) is 2.87. The highest BCUT2D eigenvalue weighted by atomic mass is 32.1. The topological polar surface area (TPSA) is 63.0 Å². The molecule has 4 nitrogen and oxygen atoms in total. The van der Waals surface area contributed by atoms with Gasteiger partial charge in [0.2, 0.25) is 0 Å². The normalized spacial score (nSPS) is 10.1. The molecule has 0 aliphatic heterocycles. The fourth-order valence-corrected chi connectivity index (χ4v) is 2.72. The molecule has 0 fully saturated rings. The molecule has 1 aromatic carbocycles. The Morgan fingerprint density at radius 2 is 2.10 bits per heavy atom. The molecule has 0 aliphatic carbocycles. The Bertz CT molecular complexity index is 654. The fraction of sp³-hybridized carbons (Fsp3) is 0.267. The summed E-state index contributed by atoms with van der Waals surface area (Å²) in [6.07, 6.45) is 0.989. The van der Waals surface area contributed by atoms with Crippen molar-refractivity contribution in [2.45, 2.75) is 20.3 Å². The predicted octanol–water partition coefficient (Wildman–Crippen LogP) is 3.36. The molecule has 0 bridgehead atoms. The minimum Gasteiger partial charge on any atom is -0.446 e. The van der Waals surface area contributed by atoms with Crippen molar-refractivity contribution >= 4 is 17.3 Å². The van der Waals surface area contributed by atoms with E-state index in [0.717, 1.165) is 17.0 Å². The van der Waals surface area contributed by atoms with Gasteiger partial charge in [0.25, 0.3) is 0 Å². The van der Waals surface area contributed by atoms with Crippen LogP contribution >= 0.6 is 11.3 Å². The third kappa shape index (κ3) is 3.03. The van der Waals surface area contributed by atoms with Gasteiger partial charge >= 0.3 is 5.97 Å². The largest absolute Gasteiger partial charge is 0.446 e. The number of hydrogen-bond acceptors (Lipinski definition) is 5. The van der Waals surface area contributed by atoms with Crippen molar-refractivity contribution in [3.63, 3.8) is 0 Å². The number of aromatic nitrogens is 1. The molecule has 0 N–H and O–H groups in total. The summed E-state index contributed by atoms with van der Waals surface area (Å²) in [5.41, 5.74) is 2.87. The Hall–Kier alpha value is -2.19. The van der Waals surface area contributed by atoms with Gasteiger partial charge in [0.15, 0.2) is 6.61 Å². The van der Waals surface area contributed by atoms with Crippen molar-refractivity contribution in [1.82, 2.24) is 4.98 Å². The molecular weight excluding hydrogens is 272 g/mol. The monoisotopic (exact) mass is 286 g/mol. The van der Waals surface area contributed by atoms with Gasteiger partial charge in [0, 0.05) is 5.56 Å². The number of benzene rings is 1. The minimum atomic E-state index is -0.488. The Morgan fingerprint density at radius 1 is 1.40 bits per heavy atom. The zero-order valence-corrected chi connectivity index (χ0v) is 12.2. The number of rotatable bonds is 4. The van der Waals surface area contributed by atoms with E-state index in [1.165, 1.54) is 16.9 Å². The van der Waals surface area contributed by atoms with E-state index in [9.17, 15) is 4.79 Å². The van der Waals surface area contributed by atoms with Crippen LogP contribution in [0.2, 0.25) is 0 Å². The van der Waals surface area contributed by atoms with Crippen LogP contribution < -0.4 is 0 Å². The van der Waals surface area contributed by atoms with Gasteiger partial charge in [-0.1, -0.05) is 31.2 Å². The number of nitrogens with zero attached hydrogens (tertiary/aromatic N) is 2. The number of aryl methyl sites for hydroxylation is 2. The van der Waals surface area contributed by atoms with Crippen molar-refractivity contribution in [3.8, 4) is 16.6 Å². The van der Waals surface area contributed by atoms with Crippen LogP contribution in [0.5, 0.6) is 0 Å². The second-order valence-corrected chi connectivity index (χ2v) is 5.22. The van der Waals surface area contributed by atoms with E-state index >= 15 is 0 Å². The van der Waals surface area contributed by atoms with Crippen LogP contribution in [0.3, 0.4) is 0 Å².